The van der Waals surface area contributed by atoms with Crippen LogP contribution in [0.3, 0.4) is 0 Å². The average molecular weight is 330 g/mol. The van der Waals surface area contributed by atoms with Crippen LogP contribution in [-0.4, -0.2) is 55.1 Å². The number of nitrogens with zero attached hydrogens (tertiary/aromatic N) is 2. The molecule has 0 N–H and O–H groups in total. The van der Waals surface area contributed by atoms with Gasteiger partial charge in [0.25, 0.3) is 0 Å². The van der Waals surface area contributed by atoms with Gasteiger partial charge < -0.3 is 14.5 Å². The van der Waals surface area contributed by atoms with Crippen molar-refractivity contribution < 1.29 is 9.53 Å². The van der Waals surface area contributed by atoms with E-state index in [9.17, 15) is 4.79 Å². The first-order valence-electron chi connectivity index (χ1n) is 9.28. The van der Waals surface area contributed by atoms with E-state index in [-0.39, 0.29) is 17.4 Å². The minimum atomic E-state index is -0.0373. The van der Waals surface area contributed by atoms with E-state index in [1.54, 1.807) is 0 Å². The first-order chi connectivity index (χ1) is 11.6. The van der Waals surface area contributed by atoms with Crippen LogP contribution in [0.4, 0.5) is 0 Å². The second-order valence-corrected chi connectivity index (χ2v) is 7.47. The fourth-order valence-corrected chi connectivity index (χ4v) is 4.05. The molecule has 2 aliphatic rings. The highest BCUT2D eigenvalue weighted by atomic mass is 16.5. The van der Waals surface area contributed by atoms with Gasteiger partial charge in [0, 0.05) is 31.5 Å². The van der Waals surface area contributed by atoms with Gasteiger partial charge in [-0.2, -0.15) is 0 Å². The number of amides is 1. The minimum absolute atomic E-state index is 0.0373. The maximum atomic E-state index is 12.7. The molecular weight excluding hydrogens is 300 g/mol. The Balaban J connectivity index is 1.72. The molecule has 0 radical (unpaired) electrons. The van der Waals surface area contributed by atoms with E-state index in [0.717, 1.165) is 32.8 Å². The Labute approximate surface area is 145 Å². The predicted molar refractivity (Wildman–Crippen MR) is 95.8 cm³/mol. The van der Waals surface area contributed by atoms with Gasteiger partial charge in [0.15, 0.2) is 0 Å². The molecule has 4 heteroatoms. The standard InChI is InChI=1S/C20H30N2O2/c1-3-4-10-21-11-12-24-16-20(14-21)13-19(23)22(15-20)17(2)18-8-6-5-7-9-18/h5-9,17H,3-4,10-16H2,1-2H3. The van der Waals surface area contributed by atoms with Gasteiger partial charge in [-0.25, -0.2) is 0 Å². The molecule has 1 aromatic rings. The summed E-state index contributed by atoms with van der Waals surface area (Å²) in [5.74, 6) is 0.271. The molecule has 4 nitrogen and oxygen atoms in total. The summed E-state index contributed by atoms with van der Waals surface area (Å²) < 4.78 is 5.90. The van der Waals surface area contributed by atoms with Gasteiger partial charge in [-0.05, 0) is 25.5 Å². The number of hydrogen-bond donors (Lipinski definition) is 0. The number of ether oxygens (including phenoxy) is 1. The van der Waals surface area contributed by atoms with E-state index in [1.165, 1.54) is 18.4 Å². The Morgan fingerprint density at radius 2 is 2.04 bits per heavy atom. The number of carbonyl (C=O) groups is 1. The SMILES string of the molecule is CCCCN1CCOCC2(CC(=O)N(C(C)c3ccccc3)C2)C1. The molecule has 2 unspecified atom stereocenters. The predicted octanol–water partition coefficient (Wildman–Crippen LogP) is 3.10. The molecule has 2 atom stereocenters. The highest BCUT2D eigenvalue weighted by Crippen LogP contribution is 2.38. The molecule has 2 saturated heterocycles. The molecule has 2 aliphatic heterocycles. The van der Waals surface area contributed by atoms with Crippen molar-refractivity contribution in [3.8, 4) is 0 Å². The lowest BCUT2D eigenvalue weighted by atomic mass is 9.87. The van der Waals surface area contributed by atoms with Crippen LogP contribution < -0.4 is 0 Å². The minimum Gasteiger partial charge on any atom is -0.379 e. The zero-order chi connectivity index (χ0) is 17.0. The molecule has 3 rings (SSSR count). The van der Waals surface area contributed by atoms with Gasteiger partial charge in [0.1, 0.15) is 0 Å². The van der Waals surface area contributed by atoms with Crippen molar-refractivity contribution >= 4 is 5.91 Å². The van der Waals surface area contributed by atoms with Gasteiger partial charge in [0.2, 0.25) is 5.91 Å². The van der Waals surface area contributed by atoms with Gasteiger partial charge in [-0.15, -0.1) is 0 Å². The number of unbranched alkanes of at least 4 members (excludes halogenated alkanes) is 1. The number of hydrogen-bond acceptors (Lipinski definition) is 3. The summed E-state index contributed by atoms with van der Waals surface area (Å²) in [5.41, 5.74) is 1.17. The lowest BCUT2D eigenvalue weighted by Gasteiger charge is -2.32. The number of rotatable bonds is 5. The fraction of sp³-hybridized carbons (Fsp3) is 0.650. The second-order valence-electron chi connectivity index (χ2n) is 7.47. The van der Waals surface area contributed by atoms with E-state index in [0.29, 0.717) is 13.0 Å². The van der Waals surface area contributed by atoms with Crippen molar-refractivity contribution in [2.45, 2.75) is 39.2 Å². The summed E-state index contributed by atoms with van der Waals surface area (Å²) in [5, 5.41) is 0. The third-order valence-corrected chi connectivity index (χ3v) is 5.45. The third-order valence-electron chi connectivity index (χ3n) is 5.45. The van der Waals surface area contributed by atoms with Gasteiger partial charge in [-0.3, -0.25) is 4.79 Å². The van der Waals surface area contributed by atoms with E-state index >= 15 is 0 Å². The number of carbonyl (C=O) groups excluding carboxylic acids is 1. The first-order valence-corrected chi connectivity index (χ1v) is 9.28. The Hall–Kier alpha value is -1.39. The van der Waals surface area contributed by atoms with Crippen LogP contribution in [0, 0.1) is 5.41 Å². The molecule has 1 aromatic carbocycles. The number of likely N-dealkylation sites (tertiary alicyclic amines) is 1. The second kappa shape index (κ2) is 7.66. The zero-order valence-electron chi connectivity index (χ0n) is 15.0. The van der Waals surface area contributed by atoms with Crippen LogP contribution in [0.1, 0.15) is 44.7 Å². The van der Waals surface area contributed by atoms with Crippen LogP contribution in [0.5, 0.6) is 0 Å². The molecule has 0 bridgehead atoms. The highest BCUT2D eigenvalue weighted by molar-refractivity contribution is 5.80. The Kier molecular flexibility index (Phi) is 5.57. The third kappa shape index (κ3) is 3.81. The van der Waals surface area contributed by atoms with Gasteiger partial charge >= 0.3 is 0 Å². The van der Waals surface area contributed by atoms with Gasteiger partial charge in [-0.1, -0.05) is 43.7 Å². The molecule has 0 aliphatic carbocycles. The van der Waals surface area contributed by atoms with Crippen LogP contribution in [0.2, 0.25) is 0 Å². The molecule has 0 aromatic heterocycles. The summed E-state index contributed by atoms with van der Waals surface area (Å²) in [6.07, 6.45) is 3.04. The number of benzene rings is 1. The first kappa shape index (κ1) is 17.4. The Morgan fingerprint density at radius 1 is 1.25 bits per heavy atom. The molecule has 2 fully saturated rings. The smallest absolute Gasteiger partial charge is 0.223 e. The van der Waals surface area contributed by atoms with Crippen LogP contribution in [0.15, 0.2) is 30.3 Å². The Morgan fingerprint density at radius 3 is 2.79 bits per heavy atom. The van der Waals surface area contributed by atoms with E-state index in [1.807, 2.05) is 18.2 Å². The molecule has 1 amide bonds. The normalized spacial score (nSPS) is 26.8. The molecule has 2 heterocycles. The van der Waals surface area contributed by atoms with Crippen molar-refractivity contribution in [2.24, 2.45) is 5.41 Å². The zero-order valence-corrected chi connectivity index (χ0v) is 15.0. The molecular formula is C20H30N2O2. The van der Waals surface area contributed by atoms with Crippen molar-refractivity contribution in [2.75, 3.05) is 39.4 Å². The molecule has 24 heavy (non-hydrogen) atoms. The lowest BCUT2D eigenvalue weighted by molar-refractivity contribution is -0.129. The van der Waals surface area contributed by atoms with Crippen molar-refractivity contribution in [3.63, 3.8) is 0 Å². The maximum absolute atomic E-state index is 12.7. The highest BCUT2D eigenvalue weighted by Gasteiger charge is 2.46. The van der Waals surface area contributed by atoms with Crippen LogP contribution >= 0.6 is 0 Å². The van der Waals surface area contributed by atoms with Gasteiger partial charge in [0.05, 0.1) is 19.3 Å². The summed E-state index contributed by atoms with van der Waals surface area (Å²) in [7, 11) is 0. The van der Waals surface area contributed by atoms with E-state index in [2.05, 4.69) is 35.8 Å². The molecule has 132 valence electrons. The quantitative estimate of drug-likeness (QED) is 0.832. The topological polar surface area (TPSA) is 32.8 Å². The largest absolute Gasteiger partial charge is 0.379 e. The Bertz CT molecular complexity index is 548. The summed E-state index contributed by atoms with van der Waals surface area (Å²) >= 11 is 0. The maximum Gasteiger partial charge on any atom is 0.223 e. The summed E-state index contributed by atoms with van der Waals surface area (Å²) in [4.78, 5) is 17.3. The van der Waals surface area contributed by atoms with E-state index < -0.39 is 0 Å². The van der Waals surface area contributed by atoms with Crippen LogP contribution in [-0.2, 0) is 9.53 Å². The van der Waals surface area contributed by atoms with Crippen molar-refractivity contribution in [3.05, 3.63) is 35.9 Å². The summed E-state index contributed by atoms with van der Waals surface area (Å²) in [6.45, 7) is 9.76. The monoisotopic (exact) mass is 330 g/mol. The molecule has 0 saturated carbocycles. The average Bonchev–Trinajstić information content (AvgIpc) is 2.79. The van der Waals surface area contributed by atoms with Crippen molar-refractivity contribution in [1.82, 2.24) is 9.80 Å². The lowest BCUT2D eigenvalue weighted by Crippen LogP contribution is -2.41. The van der Waals surface area contributed by atoms with Crippen molar-refractivity contribution in [1.29, 1.82) is 0 Å². The van der Waals surface area contributed by atoms with E-state index in [4.69, 9.17) is 4.74 Å². The summed E-state index contributed by atoms with van der Waals surface area (Å²) in [6, 6.07) is 10.5. The fourth-order valence-electron chi connectivity index (χ4n) is 4.05. The molecule has 1 spiro atoms. The van der Waals surface area contributed by atoms with Crippen LogP contribution in [0.25, 0.3) is 0 Å².